The van der Waals surface area contributed by atoms with E-state index in [4.69, 9.17) is 47.4 Å². The minimum absolute atomic E-state index is 0.0529. The summed E-state index contributed by atoms with van der Waals surface area (Å²) < 4.78 is 55.3. The molecule has 16 nitrogen and oxygen atoms in total. The van der Waals surface area contributed by atoms with Gasteiger partial charge in [0.2, 0.25) is 18.9 Å². The zero-order valence-corrected chi connectivity index (χ0v) is 24.8. The number of ether oxygens (including phenoxy) is 10. The maximum atomic E-state index is 12.6. The van der Waals surface area contributed by atoms with Crippen molar-refractivity contribution in [2.75, 3.05) is 13.7 Å². The van der Waals surface area contributed by atoms with Crippen LogP contribution in [0.2, 0.25) is 0 Å². The summed E-state index contributed by atoms with van der Waals surface area (Å²) in [5.74, 6) is -5.72. The highest BCUT2D eigenvalue weighted by Gasteiger charge is 2.56. The van der Waals surface area contributed by atoms with Gasteiger partial charge in [0, 0.05) is 47.0 Å². The molecule has 240 valence electrons. The van der Waals surface area contributed by atoms with Crippen LogP contribution in [0.3, 0.4) is 0 Å². The summed E-state index contributed by atoms with van der Waals surface area (Å²) in [6.45, 7) is 6.86. The molecule has 16 heteroatoms. The number of hydrogen-bond donors (Lipinski definition) is 0. The Kier molecular flexibility index (Phi) is 11.5. The third-order valence-electron chi connectivity index (χ3n) is 6.80. The van der Waals surface area contributed by atoms with Crippen molar-refractivity contribution in [2.24, 2.45) is 11.8 Å². The Morgan fingerprint density at radius 3 is 1.91 bits per heavy atom. The van der Waals surface area contributed by atoms with Crippen molar-refractivity contribution < 1.29 is 76.1 Å². The number of methoxy groups -OCH3 is 1. The van der Waals surface area contributed by atoms with Gasteiger partial charge >= 0.3 is 35.8 Å². The second kappa shape index (κ2) is 14.6. The van der Waals surface area contributed by atoms with Gasteiger partial charge in [-0.2, -0.15) is 0 Å². The summed E-state index contributed by atoms with van der Waals surface area (Å²) in [7, 11) is 1.20. The van der Waals surface area contributed by atoms with Gasteiger partial charge in [-0.1, -0.05) is 0 Å². The van der Waals surface area contributed by atoms with Gasteiger partial charge in [0.15, 0.2) is 18.3 Å². The van der Waals surface area contributed by atoms with Gasteiger partial charge < -0.3 is 47.4 Å². The predicted molar refractivity (Wildman–Crippen MR) is 136 cm³/mol. The molecule has 43 heavy (non-hydrogen) atoms. The molecule has 3 rings (SSSR count). The number of carbonyl (C=O) groups excluding carboxylic acids is 6. The van der Waals surface area contributed by atoms with E-state index in [0.29, 0.717) is 0 Å². The molecule has 10 atom stereocenters. The van der Waals surface area contributed by atoms with E-state index in [1.807, 2.05) is 0 Å². The summed E-state index contributed by atoms with van der Waals surface area (Å²) in [5.41, 5.74) is 0.140. The quantitative estimate of drug-likeness (QED) is 0.255. The molecular formula is C27H36O16. The molecule has 0 spiro atoms. The second-order valence-electron chi connectivity index (χ2n) is 10.1. The Bertz CT molecular complexity index is 1120. The standard InChI is InChI=1S/C27H36O16/c1-11-21-17(8-20(37-11)38-13(3)29)18(25(33)34-7)9-36-26(21)43-27-24(41-16(6)32)23(40-15(5)31)22(39-14(4)30)19(42-27)10-35-12(2)28/h9,11,17,19-24,26-27H,8,10H2,1-7H3/t11-,17+,19+,20?,21+,22+,23-,24+,26-,27-/m0/s1. The molecule has 0 bridgehead atoms. The van der Waals surface area contributed by atoms with Gasteiger partial charge in [-0.15, -0.1) is 0 Å². The van der Waals surface area contributed by atoms with E-state index in [9.17, 15) is 28.8 Å². The lowest BCUT2D eigenvalue weighted by atomic mass is 9.77. The second-order valence-corrected chi connectivity index (χ2v) is 10.1. The van der Waals surface area contributed by atoms with Crippen LogP contribution in [0.4, 0.5) is 0 Å². The normalized spacial score (nSPS) is 33.3. The molecule has 0 aromatic heterocycles. The molecule has 0 aromatic rings. The average Bonchev–Trinajstić information content (AvgIpc) is 2.89. The lowest BCUT2D eigenvalue weighted by Gasteiger charge is -2.48. The van der Waals surface area contributed by atoms with Crippen molar-refractivity contribution in [1.82, 2.24) is 0 Å². The van der Waals surface area contributed by atoms with Crippen molar-refractivity contribution >= 4 is 35.8 Å². The number of esters is 6. The van der Waals surface area contributed by atoms with Gasteiger partial charge in [0.1, 0.15) is 12.7 Å². The van der Waals surface area contributed by atoms with Crippen molar-refractivity contribution in [3.05, 3.63) is 11.8 Å². The molecule has 0 saturated carbocycles. The zero-order valence-electron chi connectivity index (χ0n) is 24.8. The van der Waals surface area contributed by atoms with Crippen LogP contribution in [0.15, 0.2) is 11.8 Å². The van der Waals surface area contributed by atoms with Gasteiger partial charge in [0.25, 0.3) is 0 Å². The van der Waals surface area contributed by atoms with Gasteiger partial charge in [-0.05, 0) is 6.92 Å². The summed E-state index contributed by atoms with van der Waals surface area (Å²) in [6, 6.07) is 0. The molecule has 2 saturated heterocycles. The highest BCUT2D eigenvalue weighted by molar-refractivity contribution is 5.89. The number of carbonyl (C=O) groups is 6. The Morgan fingerprint density at radius 2 is 1.35 bits per heavy atom. The van der Waals surface area contributed by atoms with E-state index in [0.717, 1.165) is 34.0 Å². The first kappa shape index (κ1) is 33.7. The van der Waals surface area contributed by atoms with Crippen molar-refractivity contribution in [2.45, 2.75) is 97.4 Å². The lowest BCUT2D eigenvalue weighted by Crippen LogP contribution is -2.64. The minimum atomic E-state index is -1.54. The fraction of sp³-hybridized carbons (Fsp3) is 0.704. The molecule has 1 unspecified atom stereocenters. The molecule has 2 fully saturated rings. The van der Waals surface area contributed by atoms with Crippen molar-refractivity contribution in [3.63, 3.8) is 0 Å². The Balaban J connectivity index is 2.01. The van der Waals surface area contributed by atoms with Crippen LogP contribution in [0, 0.1) is 11.8 Å². The number of fused-ring (bicyclic) bond motifs is 1. The van der Waals surface area contributed by atoms with Crippen LogP contribution in [0.5, 0.6) is 0 Å². The van der Waals surface area contributed by atoms with E-state index < -0.39 is 104 Å². The summed E-state index contributed by atoms with van der Waals surface area (Å²) in [5, 5.41) is 0. The fourth-order valence-electron chi connectivity index (χ4n) is 5.27. The molecule has 0 radical (unpaired) electrons. The summed E-state index contributed by atoms with van der Waals surface area (Å²) in [6.07, 6.45) is -8.87. The highest BCUT2D eigenvalue weighted by atomic mass is 16.8. The molecule has 0 aliphatic carbocycles. The molecule has 3 aliphatic heterocycles. The fourth-order valence-corrected chi connectivity index (χ4v) is 5.27. The average molecular weight is 617 g/mol. The first-order chi connectivity index (χ1) is 20.2. The SMILES string of the molecule is COC(=O)C1=CO[C@@H](O[C@@H]2O[C@H](COC(C)=O)[C@@H](OC(C)=O)[C@H](OC(C)=O)[C@H]2OC(C)=O)[C@@H]2[C@H](C)OC(OC(C)=O)C[C@H]12. The molecule has 3 heterocycles. The molecule has 0 aromatic carbocycles. The smallest absolute Gasteiger partial charge is 0.337 e. The zero-order chi connectivity index (χ0) is 32.0. The van der Waals surface area contributed by atoms with Crippen molar-refractivity contribution in [3.8, 4) is 0 Å². The van der Waals surface area contributed by atoms with Crippen LogP contribution in [-0.2, 0) is 76.1 Å². The maximum Gasteiger partial charge on any atom is 0.337 e. The van der Waals surface area contributed by atoms with Gasteiger partial charge in [-0.25, -0.2) is 4.79 Å². The molecular weight excluding hydrogens is 580 g/mol. The Morgan fingerprint density at radius 1 is 0.767 bits per heavy atom. The number of rotatable bonds is 9. The highest BCUT2D eigenvalue weighted by Crippen LogP contribution is 2.44. The first-order valence-electron chi connectivity index (χ1n) is 13.4. The van der Waals surface area contributed by atoms with Crippen LogP contribution in [0.25, 0.3) is 0 Å². The van der Waals surface area contributed by atoms with Gasteiger partial charge in [0.05, 0.1) is 31.0 Å². The predicted octanol–water partition coefficient (Wildman–Crippen LogP) is 0.430. The van der Waals surface area contributed by atoms with Crippen LogP contribution >= 0.6 is 0 Å². The lowest BCUT2D eigenvalue weighted by molar-refractivity contribution is -0.354. The van der Waals surface area contributed by atoms with Crippen LogP contribution in [-0.4, -0.2) is 98.9 Å². The van der Waals surface area contributed by atoms with E-state index in [1.54, 1.807) is 6.92 Å². The van der Waals surface area contributed by atoms with E-state index in [-0.39, 0.29) is 12.0 Å². The maximum absolute atomic E-state index is 12.6. The van der Waals surface area contributed by atoms with E-state index in [1.165, 1.54) is 14.0 Å². The Labute approximate surface area is 247 Å². The van der Waals surface area contributed by atoms with Gasteiger partial charge in [-0.3, -0.25) is 24.0 Å². The molecule has 3 aliphatic rings. The first-order valence-corrected chi connectivity index (χ1v) is 13.4. The Hall–Kier alpha value is -3.76. The van der Waals surface area contributed by atoms with E-state index >= 15 is 0 Å². The van der Waals surface area contributed by atoms with E-state index in [2.05, 4.69) is 0 Å². The van der Waals surface area contributed by atoms with Crippen LogP contribution < -0.4 is 0 Å². The minimum Gasteiger partial charge on any atom is -0.471 e. The molecule has 0 amide bonds. The summed E-state index contributed by atoms with van der Waals surface area (Å²) in [4.78, 5) is 72.1. The topological polar surface area (TPSA) is 195 Å². The number of hydrogen-bond acceptors (Lipinski definition) is 16. The largest absolute Gasteiger partial charge is 0.471 e. The third-order valence-corrected chi connectivity index (χ3v) is 6.80. The third kappa shape index (κ3) is 8.64. The van der Waals surface area contributed by atoms with Crippen molar-refractivity contribution in [1.29, 1.82) is 0 Å². The monoisotopic (exact) mass is 616 g/mol. The summed E-state index contributed by atoms with van der Waals surface area (Å²) >= 11 is 0. The molecule has 0 N–H and O–H groups in total. The van der Waals surface area contributed by atoms with Crippen LogP contribution in [0.1, 0.15) is 48.0 Å².